The summed E-state index contributed by atoms with van der Waals surface area (Å²) in [6.07, 6.45) is 3.99. The maximum absolute atomic E-state index is 12.0. The van der Waals surface area contributed by atoms with Gasteiger partial charge in [0.15, 0.2) is 0 Å². The molecule has 1 saturated heterocycles. The van der Waals surface area contributed by atoms with Gasteiger partial charge in [-0.1, -0.05) is 26.7 Å². The lowest BCUT2D eigenvalue weighted by Gasteiger charge is -2.33. The van der Waals surface area contributed by atoms with Crippen molar-refractivity contribution < 1.29 is 29.5 Å². The van der Waals surface area contributed by atoms with E-state index in [0.717, 1.165) is 32.5 Å². The Morgan fingerprint density at radius 2 is 1.76 bits per heavy atom. The first-order valence-electron chi connectivity index (χ1n) is 10.6. The molecule has 7 N–H and O–H groups in total. The number of likely N-dealkylation sites (tertiary alicyclic amines) is 1. The molecule has 1 unspecified atom stereocenters. The number of carbonyl (C=O) groups excluding carboxylic acids is 1. The van der Waals surface area contributed by atoms with Crippen LogP contribution in [0.1, 0.15) is 58.8 Å². The van der Waals surface area contributed by atoms with Crippen molar-refractivity contribution in [3.8, 4) is 0 Å². The molecule has 0 bridgehead atoms. The van der Waals surface area contributed by atoms with E-state index in [1.54, 1.807) is 0 Å². The zero-order valence-corrected chi connectivity index (χ0v) is 17.8. The third-order valence-corrected chi connectivity index (χ3v) is 5.67. The number of carbonyl (C=O) groups is 2. The van der Waals surface area contributed by atoms with Gasteiger partial charge in [-0.25, -0.2) is 0 Å². The molecule has 1 heterocycles. The Morgan fingerprint density at radius 3 is 2.28 bits per heavy atom. The molecular formula is C19H38BN3O6. The summed E-state index contributed by atoms with van der Waals surface area (Å²) in [7, 11) is -1.37. The van der Waals surface area contributed by atoms with Crippen molar-refractivity contribution >= 4 is 19.1 Å². The molecule has 0 aromatic heterocycles. The van der Waals surface area contributed by atoms with Crippen molar-refractivity contribution in [1.82, 2.24) is 4.90 Å². The van der Waals surface area contributed by atoms with Crippen molar-refractivity contribution in [3.63, 3.8) is 0 Å². The molecule has 1 rings (SSSR count). The Kier molecular flexibility index (Phi) is 11.1. The second-order valence-corrected chi connectivity index (χ2v) is 8.54. The molecule has 0 aliphatic carbocycles. The van der Waals surface area contributed by atoms with Gasteiger partial charge in [-0.15, -0.1) is 0 Å². The van der Waals surface area contributed by atoms with Crippen LogP contribution in [0.5, 0.6) is 0 Å². The number of ether oxygens (including phenoxy) is 1. The van der Waals surface area contributed by atoms with Crippen LogP contribution in [-0.4, -0.2) is 76.4 Å². The van der Waals surface area contributed by atoms with Crippen molar-refractivity contribution in [2.45, 2.75) is 82.8 Å². The van der Waals surface area contributed by atoms with E-state index in [2.05, 4.69) is 4.90 Å². The fourth-order valence-electron chi connectivity index (χ4n) is 3.49. The van der Waals surface area contributed by atoms with Crippen molar-refractivity contribution in [3.05, 3.63) is 0 Å². The number of carboxylic acids is 1. The Balaban J connectivity index is 2.31. The lowest BCUT2D eigenvalue weighted by atomic mass is 9.81. The summed E-state index contributed by atoms with van der Waals surface area (Å²) in [6, 6.07) is -0.595. The number of aliphatic carboxylic acids is 1. The molecule has 0 aromatic rings. The van der Waals surface area contributed by atoms with Gasteiger partial charge in [0.05, 0.1) is 0 Å². The van der Waals surface area contributed by atoms with Gasteiger partial charge >= 0.3 is 19.1 Å². The number of hydrogen-bond donors (Lipinski definition) is 5. The molecule has 2 atom stereocenters. The molecular weight excluding hydrogens is 377 g/mol. The van der Waals surface area contributed by atoms with Crippen LogP contribution in [0, 0.1) is 5.92 Å². The Hall–Kier alpha value is -1.20. The van der Waals surface area contributed by atoms with Gasteiger partial charge in [0, 0.05) is 13.1 Å². The van der Waals surface area contributed by atoms with E-state index in [0.29, 0.717) is 32.1 Å². The molecule has 0 amide bonds. The van der Waals surface area contributed by atoms with Crippen molar-refractivity contribution in [1.29, 1.82) is 0 Å². The normalized spacial score (nSPS) is 19.0. The summed E-state index contributed by atoms with van der Waals surface area (Å²) in [4.78, 5) is 25.8. The van der Waals surface area contributed by atoms with Gasteiger partial charge in [0.2, 0.25) is 0 Å². The monoisotopic (exact) mass is 415 g/mol. The van der Waals surface area contributed by atoms with Gasteiger partial charge in [-0.05, 0) is 50.9 Å². The second kappa shape index (κ2) is 12.5. The van der Waals surface area contributed by atoms with Gasteiger partial charge in [0.25, 0.3) is 0 Å². The highest BCUT2D eigenvalue weighted by Gasteiger charge is 2.33. The highest BCUT2D eigenvalue weighted by molar-refractivity contribution is 6.40. The average molecular weight is 415 g/mol. The van der Waals surface area contributed by atoms with E-state index in [-0.39, 0.29) is 24.3 Å². The van der Waals surface area contributed by atoms with Gasteiger partial charge in [-0.2, -0.15) is 0 Å². The largest absolute Gasteiger partial charge is 0.480 e. The zero-order chi connectivity index (χ0) is 22.0. The van der Waals surface area contributed by atoms with Gasteiger partial charge in [-0.3, -0.25) is 9.59 Å². The zero-order valence-electron chi connectivity index (χ0n) is 17.8. The minimum absolute atomic E-state index is 0.0436. The molecule has 1 aliphatic heterocycles. The van der Waals surface area contributed by atoms with Crippen LogP contribution in [0.15, 0.2) is 0 Å². The van der Waals surface area contributed by atoms with E-state index in [9.17, 15) is 14.7 Å². The topological polar surface area (TPSA) is 159 Å². The second-order valence-electron chi connectivity index (χ2n) is 8.54. The number of hydrogen-bond acceptors (Lipinski definition) is 8. The van der Waals surface area contributed by atoms with E-state index >= 15 is 0 Å². The minimum Gasteiger partial charge on any atom is -0.480 e. The van der Waals surface area contributed by atoms with E-state index in [4.69, 9.17) is 26.3 Å². The van der Waals surface area contributed by atoms with Crippen molar-refractivity contribution in [2.24, 2.45) is 17.4 Å². The number of nitrogens with zero attached hydrogens (tertiary/aromatic N) is 1. The number of esters is 1. The first-order chi connectivity index (χ1) is 13.5. The predicted molar refractivity (Wildman–Crippen MR) is 111 cm³/mol. The minimum atomic E-state index is -1.37. The molecule has 0 saturated carbocycles. The van der Waals surface area contributed by atoms with E-state index in [1.807, 2.05) is 13.8 Å². The first-order valence-corrected chi connectivity index (χ1v) is 10.6. The molecule has 0 spiro atoms. The summed E-state index contributed by atoms with van der Waals surface area (Å²) >= 11 is 0. The van der Waals surface area contributed by atoms with Gasteiger partial charge in [0.1, 0.15) is 17.7 Å². The van der Waals surface area contributed by atoms with Crippen LogP contribution in [0.25, 0.3) is 0 Å². The molecule has 168 valence electrons. The quantitative estimate of drug-likeness (QED) is 0.161. The summed E-state index contributed by atoms with van der Waals surface area (Å²) < 4.78 is 5.50. The number of unbranched alkanes of at least 4 members (excludes halogenated alkanes) is 1. The maximum Gasteiger partial charge on any atom is 0.451 e. The fourth-order valence-corrected chi connectivity index (χ4v) is 3.49. The van der Waals surface area contributed by atoms with Crippen LogP contribution >= 0.6 is 0 Å². The number of carboxylic acid groups (broad SMARTS) is 1. The third-order valence-electron chi connectivity index (χ3n) is 5.67. The standard InChI is InChI=1S/C19H38BN3O6/c1-14(2)16(21)17(24)29-15-6-12-23(13-7-15)11-5-9-19(22,18(25)26)8-3-4-10-20(27)28/h14-16,27-28H,3-13,21-22H2,1-2H3,(H,25,26)/t16-,19?/m0/s1. The van der Waals surface area contributed by atoms with Crippen LogP contribution in [0.4, 0.5) is 0 Å². The summed E-state index contributed by atoms with van der Waals surface area (Å²) in [5.41, 5.74) is 10.6. The Morgan fingerprint density at radius 1 is 1.17 bits per heavy atom. The van der Waals surface area contributed by atoms with Crippen molar-refractivity contribution in [2.75, 3.05) is 19.6 Å². The van der Waals surface area contributed by atoms with Crippen LogP contribution in [0.3, 0.4) is 0 Å². The predicted octanol–water partition coefficient (Wildman–Crippen LogP) is 0.183. The molecule has 9 nitrogen and oxygen atoms in total. The van der Waals surface area contributed by atoms with E-state index in [1.165, 1.54) is 0 Å². The summed E-state index contributed by atoms with van der Waals surface area (Å²) in [5, 5.41) is 27.2. The summed E-state index contributed by atoms with van der Waals surface area (Å²) in [5.74, 6) is -1.32. The lowest BCUT2D eigenvalue weighted by Crippen LogP contribution is -2.48. The summed E-state index contributed by atoms with van der Waals surface area (Å²) in [6.45, 7) is 6.09. The number of rotatable bonds is 13. The molecule has 0 aromatic carbocycles. The first kappa shape index (κ1) is 25.8. The SMILES string of the molecule is CC(C)[C@H](N)C(=O)OC1CCN(CCCC(N)(CCCCB(O)O)C(=O)O)CC1. The Bertz CT molecular complexity index is 514. The maximum atomic E-state index is 12.0. The third kappa shape index (κ3) is 9.44. The van der Waals surface area contributed by atoms with Gasteiger partial charge < -0.3 is 36.3 Å². The highest BCUT2D eigenvalue weighted by Crippen LogP contribution is 2.21. The fraction of sp³-hybridized carbons (Fsp3) is 0.895. The Labute approximate surface area is 173 Å². The van der Waals surface area contributed by atoms with E-state index < -0.39 is 24.7 Å². The molecule has 1 aliphatic rings. The number of piperidine rings is 1. The lowest BCUT2D eigenvalue weighted by molar-refractivity contribution is -0.154. The van der Waals surface area contributed by atoms with Crippen LogP contribution in [0.2, 0.25) is 6.32 Å². The molecule has 1 fully saturated rings. The molecule has 0 radical (unpaired) electrons. The van der Waals surface area contributed by atoms with Crippen LogP contribution < -0.4 is 11.5 Å². The molecule has 29 heavy (non-hydrogen) atoms. The highest BCUT2D eigenvalue weighted by atomic mass is 16.5. The molecule has 10 heteroatoms. The average Bonchev–Trinajstić information content (AvgIpc) is 2.65. The number of nitrogens with two attached hydrogens (primary N) is 2. The van der Waals surface area contributed by atoms with Crippen LogP contribution in [-0.2, 0) is 14.3 Å². The smallest absolute Gasteiger partial charge is 0.451 e.